The maximum atomic E-state index is 12.9. The van der Waals surface area contributed by atoms with E-state index >= 15 is 0 Å². The summed E-state index contributed by atoms with van der Waals surface area (Å²) in [5, 5.41) is 1.16. The van der Waals surface area contributed by atoms with Crippen molar-refractivity contribution < 1.29 is 22.7 Å². The number of ether oxygens (including phenoxy) is 1. The number of carbonyl (C=O) groups excluding carboxylic acids is 1. The number of anilines is 2. The van der Waals surface area contributed by atoms with Crippen molar-refractivity contribution in [1.29, 1.82) is 0 Å². The number of aliphatic imine (C=N–C) groups is 1. The van der Waals surface area contributed by atoms with Gasteiger partial charge in [-0.1, -0.05) is 25.3 Å². The van der Waals surface area contributed by atoms with Gasteiger partial charge >= 0.3 is 6.18 Å². The Hall–Kier alpha value is -3.60. The van der Waals surface area contributed by atoms with E-state index in [0.717, 1.165) is 36.8 Å². The Kier molecular flexibility index (Phi) is 9.43. The number of benzene rings is 1. The Labute approximate surface area is 196 Å². The van der Waals surface area contributed by atoms with Crippen LogP contribution in [0, 0.1) is 0 Å². The molecular formula is C23H29F3N6O2. The van der Waals surface area contributed by atoms with Crippen molar-refractivity contribution >= 4 is 30.1 Å². The molecule has 0 atom stereocenters. The average Bonchev–Trinajstić information content (AvgIpc) is 2.84. The molecule has 0 bridgehead atoms. The molecule has 1 saturated carbocycles. The third-order valence-electron chi connectivity index (χ3n) is 5.28. The maximum Gasteiger partial charge on any atom is 0.433 e. The van der Waals surface area contributed by atoms with Crippen molar-refractivity contribution in [3.8, 4) is 5.75 Å². The van der Waals surface area contributed by atoms with E-state index in [1.165, 1.54) is 31.9 Å². The first kappa shape index (κ1) is 26.7. The van der Waals surface area contributed by atoms with Crippen LogP contribution in [0.5, 0.6) is 5.75 Å². The van der Waals surface area contributed by atoms with Gasteiger partial charge in [-0.15, -0.1) is 0 Å². The highest BCUT2D eigenvalue weighted by molar-refractivity contribution is 5.90. The van der Waals surface area contributed by atoms with Gasteiger partial charge in [-0.05, 0) is 31.0 Å². The summed E-state index contributed by atoms with van der Waals surface area (Å²) in [5.74, 6) is 6.53. The first-order valence-electron chi connectivity index (χ1n) is 10.5. The van der Waals surface area contributed by atoms with E-state index in [4.69, 9.17) is 26.8 Å². The minimum Gasteiger partial charge on any atom is -0.494 e. The molecule has 1 heterocycles. The summed E-state index contributed by atoms with van der Waals surface area (Å²) in [6.07, 6.45) is 4.08. The predicted molar refractivity (Wildman–Crippen MR) is 127 cm³/mol. The fourth-order valence-electron chi connectivity index (χ4n) is 3.53. The van der Waals surface area contributed by atoms with Gasteiger partial charge in [0.15, 0.2) is 0 Å². The molecule has 184 valence electrons. The third-order valence-corrected chi connectivity index (χ3v) is 5.28. The van der Waals surface area contributed by atoms with Crippen LogP contribution < -0.4 is 27.1 Å². The van der Waals surface area contributed by atoms with Gasteiger partial charge in [0.05, 0.1) is 24.2 Å². The zero-order valence-electron chi connectivity index (χ0n) is 18.9. The summed E-state index contributed by atoms with van der Waals surface area (Å²) >= 11 is 0. The van der Waals surface area contributed by atoms with Gasteiger partial charge in [0.1, 0.15) is 18.2 Å². The molecule has 11 heteroatoms. The van der Waals surface area contributed by atoms with Crippen LogP contribution in [-0.2, 0) is 11.0 Å². The number of methoxy groups -OCH3 is 1. The van der Waals surface area contributed by atoms with Crippen molar-refractivity contribution in [2.75, 3.05) is 17.9 Å². The molecule has 0 spiro atoms. The molecule has 3 rings (SSSR count). The van der Waals surface area contributed by atoms with E-state index in [9.17, 15) is 13.2 Å². The highest BCUT2D eigenvalue weighted by atomic mass is 19.4. The van der Waals surface area contributed by atoms with Crippen LogP contribution in [0.3, 0.4) is 0 Å². The molecule has 2 aromatic rings. The van der Waals surface area contributed by atoms with Gasteiger partial charge in [-0.25, -0.2) is 10.8 Å². The highest BCUT2D eigenvalue weighted by Gasteiger charge is 2.32. The highest BCUT2D eigenvalue weighted by Crippen LogP contribution is 2.33. The second-order valence-electron chi connectivity index (χ2n) is 7.62. The molecule has 0 amide bonds. The van der Waals surface area contributed by atoms with E-state index in [2.05, 4.69) is 9.98 Å². The molecule has 1 aromatic carbocycles. The average molecular weight is 479 g/mol. The first-order chi connectivity index (χ1) is 16.2. The van der Waals surface area contributed by atoms with Gasteiger partial charge in [0.2, 0.25) is 0 Å². The number of hydrogen-bond acceptors (Lipinski definition) is 8. The van der Waals surface area contributed by atoms with Crippen LogP contribution in [0.2, 0.25) is 0 Å². The molecule has 34 heavy (non-hydrogen) atoms. The van der Waals surface area contributed by atoms with Crippen LogP contribution in [0.25, 0.3) is 5.70 Å². The van der Waals surface area contributed by atoms with Crippen molar-refractivity contribution in [3.63, 3.8) is 0 Å². The monoisotopic (exact) mass is 478 g/mol. The van der Waals surface area contributed by atoms with Crippen LogP contribution in [-0.4, -0.2) is 31.1 Å². The minimum absolute atomic E-state index is 0.0464. The van der Waals surface area contributed by atoms with Gasteiger partial charge < -0.3 is 21.0 Å². The summed E-state index contributed by atoms with van der Waals surface area (Å²) in [5.41, 5.74) is 12.5. The van der Waals surface area contributed by atoms with E-state index in [0.29, 0.717) is 22.7 Å². The lowest BCUT2D eigenvalue weighted by molar-refractivity contribution is -0.141. The largest absolute Gasteiger partial charge is 0.494 e. The SMILES string of the molecule is C=O.COc1cc(N)c(C=NC2CCCCC2)cc1N(N)/C=C(\N)c1cccc(C(F)(F)F)n1. The number of nitrogens with zero attached hydrogens (tertiary/aromatic N) is 3. The Bertz CT molecular complexity index is 1020. The van der Waals surface area contributed by atoms with Crippen molar-refractivity contribution in [2.45, 2.75) is 44.3 Å². The second kappa shape index (κ2) is 12.0. The van der Waals surface area contributed by atoms with Crippen LogP contribution >= 0.6 is 0 Å². The summed E-state index contributed by atoms with van der Waals surface area (Å²) in [7, 11) is 1.46. The Morgan fingerprint density at radius 1 is 1.24 bits per heavy atom. The topological polar surface area (TPSA) is 133 Å². The predicted octanol–water partition coefficient (Wildman–Crippen LogP) is 3.90. The molecule has 1 aliphatic carbocycles. The van der Waals surface area contributed by atoms with Gasteiger partial charge in [-0.3, -0.25) is 10.0 Å². The molecule has 0 unspecified atom stereocenters. The lowest BCUT2D eigenvalue weighted by Gasteiger charge is -2.20. The first-order valence-corrected chi connectivity index (χ1v) is 10.5. The number of nitrogens with two attached hydrogens (primary N) is 3. The van der Waals surface area contributed by atoms with E-state index < -0.39 is 11.9 Å². The number of aromatic nitrogens is 1. The van der Waals surface area contributed by atoms with Gasteiger partial charge in [-0.2, -0.15) is 13.2 Å². The zero-order chi connectivity index (χ0) is 25.3. The Morgan fingerprint density at radius 3 is 2.53 bits per heavy atom. The molecule has 1 aromatic heterocycles. The number of hydrogen-bond donors (Lipinski definition) is 3. The van der Waals surface area contributed by atoms with Crippen molar-refractivity contribution in [2.24, 2.45) is 16.6 Å². The molecule has 1 fully saturated rings. The number of alkyl halides is 3. The van der Waals surface area contributed by atoms with Gasteiger partial charge in [0, 0.05) is 35.8 Å². The number of rotatable bonds is 6. The third kappa shape index (κ3) is 6.95. The summed E-state index contributed by atoms with van der Waals surface area (Å²) < 4.78 is 44.2. The lowest BCUT2D eigenvalue weighted by atomic mass is 9.96. The minimum atomic E-state index is -4.58. The summed E-state index contributed by atoms with van der Waals surface area (Å²) in [6.45, 7) is 2.00. The standard InChI is InChI=1S/C22H27F3N6O.CH2O/c1-32-20-11-16(26)14(12-29-15-6-3-2-4-7-15)10-19(20)31(28)13-17(27)18-8-5-9-21(30-18)22(23,24)25;1-2/h5,8-13,15H,2-4,6-7,26-28H2,1H3;1H2/b17-13-,29-12?;. The van der Waals surface area contributed by atoms with Crippen LogP contribution in [0.15, 0.2) is 41.5 Å². The fraction of sp³-hybridized carbons (Fsp3) is 0.348. The van der Waals surface area contributed by atoms with Crippen molar-refractivity contribution in [1.82, 2.24) is 4.98 Å². The number of hydrazine groups is 1. The number of carbonyl (C=O) groups is 1. The lowest BCUT2D eigenvalue weighted by Crippen LogP contribution is -2.26. The number of pyridine rings is 1. The Morgan fingerprint density at radius 2 is 1.91 bits per heavy atom. The molecule has 6 N–H and O–H groups in total. The number of halogens is 3. The van der Waals surface area contributed by atoms with E-state index in [1.54, 1.807) is 18.3 Å². The quantitative estimate of drug-likeness (QED) is 0.248. The summed E-state index contributed by atoms with van der Waals surface area (Å²) in [6, 6.07) is 7.06. The number of nitrogen functional groups attached to an aromatic ring is 1. The van der Waals surface area contributed by atoms with Crippen LogP contribution in [0.4, 0.5) is 24.5 Å². The molecule has 0 aliphatic heterocycles. The molecule has 8 nitrogen and oxygen atoms in total. The molecule has 1 aliphatic rings. The normalized spacial score (nSPS) is 15.0. The second-order valence-corrected chi connectivity index (χ2v) is 7.62. The molecule has 0 radical (unpaired) electrons. The zero-order valence-corrected chi connectivity index (χ0v) is 18.9. The smallest absolute Gasteiger partial charge is 0.433 e. The van der Waals surface area contributed by atoms with E-state index in [-0.39, 0.29) is 17.4 Å². The molecule has 0 saturated heterocycles. The fourth-order valence-corrected chi connectivity index (χ4v) is 3.53. The maximum absolute atomic E-state index is 12.9. The Balaban J connectivity index is 0.00000199. The van der Waals surface area contributed by atoms with Gasteiger partial charge in [0.25, 0.3) is 0 Å². The molecular weight excluding hydrogens is 449 g/mol. The van der Waals surface area contributed by atoms with Crippen LogP contribution in [0.1, 0.15) is 49.1 Å². The van der Waals surface area contributed by atoms with Crippen molar-refractivity contribution in [3.05, 3.63) is 53.5 Å². The summed E-state index contributed by atoms with van der Waals surface area (Å²) in [4.78, 5) is 16.2. The van der Waals surface area contributed by atoms with E-state index in [1.807, 2.05) is 6.79 Å².